The monoisotopic (exact) mass is 274 g/mol. The third kappa shape index (κ3) is 2.40. The van der Waals surface area contributed by atoms with Crippen LogP contribution in [0.5, 0.6) is 0 Å². The van der Waals surface area contributed by atoms with E-state index in [-0.39, 0.29) is 0 Å². The summed E-state index contributed by atoms with van der Waals surface area (Å²) in [6, 6.07) is 2.77. The van der Waals surface area contributed by atoms with Gasteiger partial charge in [-0.2, -0.15) is 5.10 Å². The van der Waals surface area contributed by atoms with Crippen molar-refractivity contribution in [3.63, 3.8) is 0 Å². The second kappa shape index (κ2) is 5.15. The predicted octanol–water partition coefficient (Wildman–Crippen LogP) is 1.88. The first-order valence-corrected chi connectivity index (χ1v) is 8.32. The van der Waals surface area contributed by atoms with Crippen LogP contribution in [0.15, 0.2) is 18.5 Å². The molecule has 1 spiro atoms. The maximum absolute atomic E-state index is 4.36. The van der Waals surface area contributed by atoms with Crippen molar-refractivity contribution in [3.8, 4) is 0 Å². The van der Waals surface area contributed by atoms with Gasteiger partial charge >= 0.3 is 0 Å². The number of piperazine rings is 1. The second-order valence-corrected chi connectivity index (χ2v) is 6.97. The number of rotatable bonds is 4. The van der Waals surface area contributed by atoms with E-state index in [0.717, 1.165) is 25.0 Å². The minimum Gasteiger partial charge on any atom is -0.311 e. The van der Waals surface area contributed by atoms with E-state index in [1.54, 1.807) is 0 Å². The van der Waals surface area contributed by atoms with Gasteiger partial charge in [0.25, 0.3) is 0 Å². The molecular weight excluding hydrogens is 248 g/mol. The number of nitrogens with zero attached hydrogens (tertiary/aromatic N) is 3. The number of hydrogen-bond acceptors (Lipinski definition) is 3. The average Bonchev–Trinajstić information content (AvgIpc) is 2.99. The highest BCUT2D eigenvalue weighted by atomic mass is 15.3. The molecule has 4 rings (SSSR count). The molecule has 1 aliphatic heterocycles. The quantitative estimate of drug-likeness (QED) is 0.910. The molecule has 1 aromatic rings. The molecule has 3 fully saturated rings. The summed E-state index contributed by atoms with van der Waals surface area (Å²) in [5.74, 6) is 0.959. The highest BCUT2D eigenvalue weighted by Gasteiger charge is 2.46. The lowest BCUT2D eigenvalue weighted by molar-refractivity contribution is 0.0346. The van der Waals surface area contributed by atoms with Crippen LogP contribution in [0.1, 0.15) is 38.5 Å². The van der Waals surface area contributed by atoms with Crippen LogP contribution in [0.25, 0.3) is 0 Å². The lowest BCUT2D eigenvalue weighted by Crippen LogP contribution is -2.64. The highest BCUT2D eigenvalue weighted by Crippen LogP contribution is 2.41. The second-order valence-electron chi connectivity index (χ2n) is 6.97. The zero-order valence-corrected chi connectivity index (χ0v) is 12.3. The van der Waals surface area contributed by atoms with Gasteiger partial charge in [-0.25, -0.2) is 0 Å². The normalized spacial score (nSPS) is 30.1. The van der Waals surface area contributed by atoms with Crippen LogP contribution >= 0.6 is 0 Å². The van der Waals surface area contributed by atoms with E-state index in [2.05, 4.69) is 26.2 Å². The number of nitrogens with one attached hydrogen (secondary N) is 1. The average molecular weight is 274 g/mol. The van der Waals surface area contributed by atoms with Crippen molar-refractivity contribution in [1.29, 1.82) is 0 Å². The van der Waals surface area contributed by atoms with Gasteiger partial charge in [0.15, 0.2) is 0 Å². The molecule has 1 aromatic heterocycles. The van der Waals surface area contributed by atoms with Crippen molar-refractivity contribution in [1.82, 2.24) is 20.0 Å². The standard InChI is InChI=1S/C16H26N4/c1-2-7-16(6-1)13-17-15(14-4-5-14)12-19(16)10-11-20-9-3-8-18-20/h3,8-9,14-15,17H,1-2,4-7,10-13H2. The summed E-state index contributed by atoms with van der Waals surface area (Å²) in [6.07, 6.45) is 12.4. The molecule has 0 aromatic carbocycles. The van der Waals surface area contributed by atoms with Crippen LogP contribution in [-0.4, -0.2) is 45.9 Å². The van der Waals surface area contributed by atoms with Crippen LogP contribution in [0.4, 0.5) is 0 Å². The van der Waals surface area contributed by atoms with E-state index in [1.807, 2.05) is 12.3 Å². The summed E-state index contributed by atoms with van der Waals surface area (Å²) in [5, 5.41) is 8.23. The Morgan fingerprint density at radius 1 is 1.20 bits per heavy atom. The molecule has 1 unspecified atom stereocenters. The van der Waals surface area contributed by atoms with Gasteiger partial charge in [0.1, 0.15) is 0 Å². The van der Waals surface area contributed by atoms with E-state index in [0.29, 0.717) is 5.54 Å². The first-order chi connectivity index (χ1) is 9.86. The molecule has 0 bridgehead atoms. The maximum Gasteiger partial charge on any atom is 0.0536 e. The van der Waals surface area contributed by atoms with E-state index in [9.17, 15) is 0 Å². The minimum atomic E-state index is 0.457. The molecule has 4 nitrogen and oxygen atoms in total. The Labute approximate surface area is 121 Å². The Balaban J connectivity index is 1.45. The van der Waals surface area contributed by atoms with E-state index in [4.69, 9.17) is 0 Å². The molecule has 4 heteroatoms. The third-order valence-electron chi connectivity index (χ3n) is 5.66. The Kier molecular flexibility index (Phi) is 3.31. The Hall–Kier alpha value is -0.870. The summed E-state index contributed by atoms with van der Waals surface area (Å²) in [4.78, 5) is 2.81. The molecule has 0 amide bonds. The van der Waals surface area contributed by atoms with Crippen LogP contribution in [-0.2, 0) is 6.54 Å². The van der Waals surface area contributed by atoms with Crippen LogP contribution in [0.3, 0.4) is 0 Å². The van der Waals surface area contributed by atoms with E-state index in [1.165, 1.54) is 51.6 Å². The third-order valence-corrected chi connectivity index (χ3v) is 5.66. The van der Waals surface area contributed by atoms with Crippen molar-refractivity contribution < 1.29 is 0 Å². The molecule has 2 aliphatic carbocycles. The fourth-order valence-electron chi connectivity index (χ4n) is 4.25. The zero-order valence-electron chi connectivity index (χ0n) is 12.3. The predicted molar refractivity (Wildman–Crippen MR) is 79.5 cm³/mol. The Morgan fingerprint density at radius 2 is 2.05 bits per heavy atom. The van der Waals surface area contributed by atoms with Gasteiger partial charge in [-0.3, -0.25) is 9.58 Å². The summed E-state index contributed by atoms with van der Waals surface area (Å²) in [7, 11) is 0. The summed E-state index contributed by atoms with van der Waals surface area (Å²) in [6.45, 7) is 4.66. The fraction of sp³-hybridized carbons (Fsp3) is 0.812. The summed E-state index contributed by atoms with van der Waals surface area (Å²) < 4.78 is 2.08. The smallest absolute Gasteiger partial charge is 0.0536 e. The van der Waals surface area contributed by atoms with Crippen molar-refractivity contribution in [2.24, 2.45) is 5.92 Å². The van der Waals surface area contributed by atoms with Gasteiger partial charge in [0.05, 0.1) is 6.54 Å². The largest absolute Gasteiger partial charge is 0.311 e. The Morgan fingerprint density at radius 3 is 2.75 bits per heavy atom. The summed E-state index contributed by atoms with van der Waals surface area (Å²) in [5.41, 5.74) is 0.457. The van der Waals surface area contributed by atoms with Gasteiger partial charge in [-0.1, -0.05) is 12.8 Å². The van der Waals surface area contributed by atoms with Crippen molar-refractivity contribution in [3.05, 3.63) is 18.5 Å². The lowest BCUT2D eigenvalue weighted by Gasteiger charge is -2.48. The molecule has 20 heavy (non-hydrogen) atoms. The van der Waals surface area contributed by atoms with Crippen LogP contribution < -0.4 is 5.32 Å². The highest BCUT2D eigenvalue weighted by molar-refractivity contribution is 5.04. The van der Waals surface area contributed by atoms with Gasteiger partial charge in [0, 0.05) is 43.6 Å². The SMILES string of the molecule is c1cnn(CCN2CC(C3CC3)NCC23CCCC3)c1. The molecule has 0 radical (unpaired) electrons. The van der Waals surface area contributed by atoms with Gasteiger partial charge in [0.2, 0.25) is 0 Å². The van der Waals surface area contributed by atoms with Crippen molar-refractivity contribution in [2.45, 2.75) is 56.7 Å². The van der Waals surface area contributed by atoms with Gasteiger partial charge in [-0.05, 0) is 37.7 Å². The molecule has 1 saturated heterocycles. The zero-order chi connectivity index (χ0) is 13.4. The lowest BCUT2D eigenvalue weighted by atomic mass is 9.90. The fourth-order valence-corrected chi connectivity index (χ4v) is 4.25. The van der Waals surface area contributed by atoms with Crippen LogP contribution in [0.2, 0.25) is 0 Å². The molecule has 1 N–H and O–H groups in total. The van der Waals surface area contributed by atoms with Crippen LogP contribution in [0, 0.1) is 5.92 Å². The minimum absolute atomic E-state index is 0.457. The van der Waals surface area contributed by atoms with Gasteiger partial charge in [-0.15, -0.1) is 0 Å². The molecular formula is C16H26N4. The Bertz CT molecular complexity index is 431. The maximum atomic E-state index is 4.36. The van der Waals surface area contributed by atoms with Gasteiger partial charge < -0.3 is 5.32 Å². The topological polar surface area (TPSA) is 33.1 Å². The molecule has 2 saturated carbocycles. The molecule has 3 aliphatic rings. The van der Waals surface area contributed by atoms with Crippen molar-refractivity contribution in [2.75, 3.05) is 19.6 Å². The van der Waals surface area contributed by atoms with E-state index >= 15 is 0 Å². The number of aromatic nitrogens is 2. The van der Waals surface area contributed by atoms with Crippen molar-refractivity contribution >= 4 is 0 Å². The van der Waals surface area contributed by atoms with E-state index < -0.39 is 0 Å². The molecule has 2 heterocycles. The molecule has 1 atom stereocenters. The molecule has 110 valence electrons. The first-order valence-electron chi connectivity index (χ1n) is 8.32. The summed E-state index contributed by atoms with van der Waals surface area (Å²) >= 11 is 0. The number of hydrogen-bond donors (Lipinski definition) is 1. The first kappa shape index (κ1) is 12.8.